The molecule has 2 saturated carbocycles. The zero-order valence-electron chi connectivity index (χ0n) is 24.1. The molecule has 216 valence electrons. The van der Waals surface area contributed by atoms with Gasteiger partial charge in [0.1, 0.15) is 11.5 Å². The second-order valence-corrected chi connectivity index (χ2v) is 11.8. The van der Waals surface area contributed by atoms with Crippen LogP contribution >= 0.6 is 0 Å². The molecule has 8 heteroatoms. The third-order valence-corrected chi connectivity index (χ3v) is 8.31. The van der Waals surface area contributed by atoms with E-state index in [2.05, 4.69) is 50.5 Å². The van der Waals surface area contributed by atoms with Crippen LogP contribution in [0.4, 0.5) is 17.5 Å². The summed E-state index contributed by atoms with van der Waals surface area (Å²) in [7, 11) is 2.13. The van der Waals surface area contributed by atoms with Crippen molar-refractivity contribution >= 4 is 28.8 Å². The third kappa shape index (κ3) is 7.41. The summed E-state index contributed by atoms with van der Waals surface area (Å²) in [5.41, 5.74) is 5.33. The molecular weight excluding hydrogens is 524 g/mol. The molecule has 3 heterocycles. The van der Waals surface area contributed by atoms with E-state index in [0.717, 1.165) is 80.7 Å². The summed E-state index contributed by atoms with van der Waals surface area (Å²) >= 11 is 0. The minimum absolute atomic E-state index is 0.174. The minimum atomic E-state index is -0.197. The van der Waals surface area contributed by atoms with Crippen molar-refractivity contribution < 1.29 is 9.90 Å². The lowest BCUT2D eigenvalue weighted by Crippen LogP contribution is -2.29. The van der Waals surface area contributed by atoms with Crippen LogP contribution < -0.4 is 10.6 Å². The Balaban J connectivity index is 1.15. The van der Waals surface area contributed by atoms with E-state index in [9.17, 15) is 9.90 Å². The smallest absolute Gasteiger partial charge is 0.229 e. The van der Waals surface area contributed by atoms with Crippen LogP contribution in [0.15, 0.2) is 54.9 Å². The molecule has 0 radical (unpaired) electrons. The quantitative estimate of drug-likeness (QED) is 0.247. The van der Waals surface area contributed by atoms with Crippen LogP contribution in [0.25, 0.3) is 5.57 Å². The van der Waals surface area contributed by atoms with E-state index in [1.807, 2.05) is 30.5 Å². The standard InChI is InChI=1S/C34H38N6O2/c1-40-18-15-25(16-19-40)31-22-36-34(39-33(31)37-27-10-12-30(41)13-11-27)38-28-7-4-23(5-8-28)6-9-29-21-26(14-17-35-29)32(42)20-24-2-3-24/h4-5,7-8,14-15,17,21-22,24,27,30,41H,2-3,10-13,16,18-20H2,1H3,(H2,36,37,38,39). The molecule has 8 nitrogen and oxygen atoms in total. The summed E-state index contributed by atoms with van der Waals surface area (Å²) < 4.78 is 0. The van der Waals surface area contributed by atoms with E-state index in [-0.39, 0.29) is 17.9 Å². The number of nitrogens with one attached hydrogen (secondary N) is 2. The molecular formula is C34H38N6O2. The third-order valence-electron chi connectivity index (χ3n) is 8.31. The second-order valence-electron chi connectivity index (χ2n) is 11.8. The van der Waals surface area contributed by atoms with E-state index >= 15 is 0 Å². The van der Waals surface area contributed by atoms with Gasteiger partial charge in [-0.2, -0.15) is 4.98 Å². The molecule has 0 atom stereocenters. The van der Waals surface area contributed by atoms with Crippen LogP contribution in [0.1, 0.15) is 78.5 Å². The Hall–Kier alpha value is -4.06. The lowest BCUT2D eigenvalue weighted by atomic mass is 9.92. The summed E-state index contributed by atoms with van der Waals surface area (Å²) in [6.07, 6.45) is 13.0. The number of anilines is 3. The van der Waals surface area contributed by atoms with Gasteiger partial charge in [0, 0.05) is 60.3 Å². The lowest BCUT2D eigenvalue weighted by molar-refractivity contribution is 0.0976. The highest BCUT2D eigenvalue weighted by Crippen LogP contribution is 2.33. The maximum atomic E-state index is 12.4. The molecule has 3 aromatic rings. The average Bonchev–Trinajstić information content (AvgIpc) is 3.83. The van der Waals surface area contributed by atoms with Gasteiger partial charge in [-0.05, 0) is 106 Å². The van der Waals surface area contributed by atoms with Crippen molar-refractivity contribution in [3.8, 4) is 11.8 Å². The second kappa shape index (κ2) is 12.8. The number of pyridine rings is 1. The highest BCUT2D eigenvalue weighted by Gasteiger charge is 2.25. The van der Waals surface area contributed by atoms with Crippen LogP contribution in [-0.2, 0) is 0 Å². The molecule has 0 unspecified atom stereocenters. The first-order valence-corrected chi connectivity index (χ1v) is 15.1. The van der Waals surface area contributed by atoms with Gasteiger partial charge in [0.15, 0.2) is 5.78 Å². The number of nitrogens with zero attached hydrogens (tertiary/aromatic N) is 4. The number of carbonyl (C=O) groups is 1. The fourth-order valence-corrected chi connectivity index (χ4v) is 5.49. The van der Waals surface area contributed by atoms with Crippen molar-refractivity contribution in [2.45, 2.75) is 63.5 Å². The maximum Gasteiger partial charge on any atom is 0.229 e. The van der Waals surface area contributed by atoms with E-state index in [0.29, 0.717) is 29.5 Å². The topological polar surface area (TPSA) is 103 Å². The predicted molar refractivity (Wildman–Crippen MR) is 166 cm³/mol. The van der Waals surface area contributed by atoms with Gasteiger partial charge in [0.25, 0.3) is 0 Å². The number of rotatable bonds is 8. The first-order valence-electron chi connectivity index (χ1n) is 15.1. The summed E-state index contributed by atoms with van der Waals surface area (Å²) in [4.78, 5) is 28.6. The molecule has 42 heavy (non-hydrogen) atoms. The number of aliphatic hydroxyl groups is 1. The van der Waals surface area contributed by atoms with Crippen molar-refractivity contribution in [2.75, 3.05) is 30.8 Å². The van der Waals surface area contributed by atoms with Gasteiger partial charge in [-0.15, -0.1) is 0 Å². The number of Topliss-reactive ketones (excluding diaryl/α,β-unsaturated/α-hetero) is 1. The monoisotopic (exact) mass is 562 g/mol. The normalized spacial score (nSPS) is 20.7. The van der Waals surface area contributed by atoms with E-state index in [4.69, 9.17) is 4.98 Å². The van der Waals surface area contributed by atoms with Gasteiger partial charge in [0.2, 0.25) is 5.95 Å². The SMILES string of the molecule is CN1CC=C(c2cnc(Nc3ccc(C#Cc4cc(C(=O)CC5CC5)ccn4)cc3)nc2NC2CCC(O)CC2)CC1. The van der Waals surface area contributed by atoms with Gasteiger partial charge in [-0.25, -0.2) is 9.97 Å². The molecule has 0 spiro atoms. The molecule has 0 bridgehead atoms. The summed E-state index contributed by atoms with van der Waals surface area (Å²) in [6.45, 7) is 1.93. The molecule has 1 aromatic carbocycles. The van der Waals surface area contributed by atoms with Gasteiger partial charge < -0.3 is 20.6 Å². The Bertz CT molecular complexity index is 1510. The Morgan fingerprint density at radius 2 is 1.86 bits per heavy atom. The minimum Gasteiger partial charge on any atom is -0.393 e. The number of ketones is 1. The molecule has 3 aliphatic rings. The highest BCUT2D eigenvalue weighted by molar-refractivity contribution is 5.96. The predicted octanol–water partition coefficient (Wildman–Crippen LogP) is 5.43. The fourth-order valence-electron chi connectivity index (χ4n) is 5.49. The van der Waals surface area contributed by atoms with Crippen molar-refractivity contribution in [1.82, 2.24) is 19.9 Å². The molecule has 2 fully saturated rings. The number of hydrogen-bond donors (Lipinski definition) is 3. The maximum absolute atomic E-state index is 12.4. The molecule has 0 amide bonds. The van der Waals surface area contributed by atoms with Crippen LogP contribution in [0.2, 0.25) is 0 Å². The zero-order valence-corrected chi connectivity index (χ0v) is 24.1. The number of carbonyl (C=O) groups excluding carboxylic acids is 1. The number of aliphatic hydroxyl groups excluding tert-OH is 1. The number of aromatic nitrogens is 3. The van der Waals surface area contributed by atoms with E-state index in [1.165, 1.54) is 5.57 Å². The van der Waals surface area contributed by atoms with Crippen LogP contribution in [0.5, 0.6) is 0 Å². The van der Waals surface area contributed by atoms with Gasteiger partial charge in [-0.3, -0.25) is 4.79 Å². The number of likely N-dealkylation sites (N-methyl/N-ethyl adjacent to an activating group) is 1. The van der Waals surface area contributed by atoms with Crippen molar-refractivity contribution in [3.63, 3.8) is 0 Å². The Morgan fingerprint density at radius 1 is 1.05 bits per heavy atom. The van der Waals surface area contributed by atoms with Crippen molar-refractivity contribution in [1.29, 1.82) is 0 Å². The lowest BCUT2D eigenvalue weighted by Gasteiger charge is -2.28. The first kappa shape index (κ1) is 28.1. The van der Waals surface area contributed by atoms with Crippen LogP contribution in [0.3, 0.4) is 0 Å². The fraction of sp³-hybridized carbons (Fsp3) is 0.412. The summed E-state index contributed by atoms with van der Waals surface area (Å²) in [5.74, 6) is 8.35. The van der Waals surface area contributed by atoms with E-state index < -0.39 is 0 Å². The number of hydrogen-bond acceptors (Lipinski definition) is 8. The molecule has 1 aliphatic heterocycles. The molecule has 6 rings (SSSR count). The van der Waals surface area contributed by atoms with Crippen molar-refractivity contribution in [3.05, 3.63) is 77.3 Å². The van der Waals surface area contributed by atoms with Gasteiger partial charge in [0.05, 0.1) is 6.10 Å². The first-order chi connectivity index (χ1) is 20.5. The molecule has 0 saturated heterocycles. The summed E-state index contributed by atoms with van der Waals surface area (Å²) in [6, 6.07) is 11.7. The Labute approximate surface area is 247 Å². The zero-order chi connectivity index (χ0) is 28.9. The Kier molecular flexibility index (Phi) is 8.59. The largest absolute Gasteiger partial charge is 0.393 e. The summed E-state index contributed by atoms with van der Waals surface area (Å²) in [5, 5.41) is 17.0. The molecule has 2 aliphatic carbocycles. The van der Waals surface area contributed by atoms with Crippen molar-refractivity contribution in [2.24, 2.45) is 5.92 Å². The van der Waals surface area contributed by atoms with E-state index in [1.54, 1.807) is 18.3 Å². The van der Waals surface area contributed by atoms with Crippen LogP contribution in [0, 0.1) is 17.8 Å². The van der Waals surface area contributed by atoms with Gasteiger partial charge >= 0.3 is 0 Å². The average molecular weight is 563 g/mol. The van der Waals surface area contributed by atoms with Crippen LogP contribution in [-0.4, -0.2) is 63.0 Å². The Morgan fingerprint density at radius 3 is 2.60 bits per heavy atom. The van der Waals surface area contributed by atoms with Gasteiger partial charge in [-0.1, -0.05) is 12.0 Å². The number of benzene rings is 1. The highest BCUT2D eigenvalue weighted by atomic mass is 16.3. The molecule has 3 N–H and O–H groups in total. The molecule has 2 aromatic heterocycles.